The fraction of sp³-hybridized carbons (Fsp3) is 0.435. The topological polar surface area (TPSA) is 71.6 Å². The standard InChI is InChI=1S/C23H31N3O3/c1-3-5-14-29-19-12-10-17(11-13-19)20-15-21(26-25-20)23(27)24-16-18-8-6-7-9-22(18)28-4-2/h6-13,20-21,25-26H,3-5,14-16H2,1-2H3,(H,24,27). The smallest absolute Gasteiger partial charge is 0.238 e. The van der Waals surface area contributed by atoms with Gasteiger partial charge in [-0.2, -0.15) is 0 Å². The van der Waals surface area contributed by atoms with Gasteiger partial charge >= 0.3 is 0 Å². The minimum atomic E-state index is -0.278. The Bertz CT molecular complexity index is 779. The molecule has 2 unspecified atom stereocenters. The molecule has 0 bridgehead atoms. The van der Waals surface area contributed by atoms with Crippen LogP contribution in [-0.2, 0) is 11.3 Å². The number of carbonyl (C=O) groups is 1. The Morgan fingerprint density at radius 2 is 1.86 bits per heavy atom. The number of hydrazine groups is 1. The molecule has 0 spiro atoms. The maximum absolute atomic E-state index is 12.6. The Labute approximate surface area is 173 Å². The van der Waals surface area contributed by atoms with Gasteiger partial charge < -0.3 is 14.8 Å². The normalized spacial score (nSPS) is 18.4. The summed E-state index contributed by atoms with van der Waals surface area (Å²) in [5.41, 5.74) is 8.45. The van der Waals surface area contributed by atoms with Crippen LogP contribution in [0.1, 0.15) is 50.3 Å². The van der Waals surface area contributed by atoms with Crippen molar-refractivity contribution in [3.05, 3.63) is 59.7 Å². The zero-order chi connectivity index (χ0) is 20.5. The maximum atomic E-state index is 12.6. The number of nitrogens with one attached hydrogen (secondary N) is 3. The predicted molar refractivity (Wildman–Crippen MR) is 114 cm³/mol. The van der Waals surface area contributed by atoms with Gasteiger partial charge in [-0.3, -0.25) is 4.79 Å². The van der Waals surface area contributed by atoms with E-state index in [9.17, 15) is 4.79 Å². The van der Waals surface area contributed by atoms with Gasteiger partial charge in [0, 0.05) is 18.2 Å². The molecule has 0 aliphatic carbocycles. The molecule has 0 aromatic heterocycles. The van der Waals surface area contributed by atoms with E-state index in [1.165, 1.54) is 0 Å². The lowest BCUT2D eigenvalue weighted by molar-refractivity contribution is -0.123. The highest BCUT2D eigenvalue weighted by Crippen LogP contribution is 2.25. The van der Waals surface area contributed by atoms with Crippen LogP contribution in [0.15, 0.2) is 48.5 Å². The highest BCUT2D eigenvalue weighted by atomic mass is 16.5. The first-order valence-electron chi connectivity index (χ1n) is 10.4. The molecule has 3 rings (SSSR count). The van der Waals surface area contributed by atoms with Crippen molar-refractivity contribution < 1.29 is 14.3 Å². The number of para-hydroxylation sites is 1. The third-order valence-corrected chi connectivity index (χ3v) is 4.99. The summed E-state index contributed by atoms with van der Waals surface area (Å²) in [4.78, 5) is 12.6. The van der Waals surface area contributed by atoms with Gasteiger partial charge in [-0.1, -0.05) is 43.7 Å². The Kier molecular flexibility index (Phi) is 7.90. The highest BCUT2D eigenvalue weighted by Gasteiger charge is 2.30. The molecule has 1 fully saturated rings. The van der Waals surface area contributed by atoms with Crippen LogP contribution in [0.4, 0.5) is 0 Å². The van der Waals surface area contributed by atoms with Gasteiger partial charge in [-0.25, -0.2) is 10.9 Å². The first kappa shape index (κ1) is 21.1. The van der Waals surface area contributed by atoms with Gasteiger partial charge in [-0.05, 0) is 43.5 Å². The summed E-state index contributed by atoms with van der Waals surface area (Å²) < 4.78 is 11.3. The van der Waals surface area contributed by atoms with Crippen molar-refractivity contribution in [2.24, 2.45) is 0 Å². The SMILES string of the molecule is CCCCOc1ccc(C2CC(C(=O)NCc3ccccc3OCC)NN2)cc1. The fourth-order valence-electron chi connectivity index (χ4n) is 3.33. The number of benzene rings is 2. The van der Waals surface area contributed by atoms with Crippen LogP contribution in [0.25, 0.3) is 0 Å². The minimum absolute atomic E-state index is 0.0224. The quantitative estimate of drug-likeness (QED) is 0.536. The van der Waals surface area contributed by atoms with Gasteiger partial charge in [0.05, 0.1) is 13.2 Å². The zero-order valence-electron chi connectivity index (χ0n) is 17.2. The van der Waals surface area contributed by atoms with Crippen molar-refractivity contribution >= 4 is 5.91 Å². The van der Waals surface area contributed by atoms with Crippen LogP contribution >= 0.6 is 0 Å². The summed E-state index contributed by atoms with van der Waals surface area (Å²) in [6.45, 7) is 5.89. The number of carbonyl (C=O) groups excluding carboxylic acids is 1. The van der Waals surface area contributed by atoms with Crippen LogP contribution in [0.5, 0.6) is 11.5 Å². The number of hydrogen-bond donors (Lipinski definition) is 3. The summed E-state index contributed by atoms with van der Waals surface area (Å²) >= 11 is 0. The van der Waals surface area contributed by atoms with Crippen LogP contribution in [0, 0.1) is 0 Å². The summed E-state index contributed by atoms with van der Waals surface area (Å²) in [5.74, 6) is 1.67. The van der Waals surface area contributed by atoms with E-state index in [0.717, 1.165) is 42.1 Å². The van der Waals surface area contributed by atoms with Crippen molar-refractivity contribution in [2.45, 2.75) is 51.7 Å². The van der Waals surface area contributed by atoms with Crippen molar-refractivity contribution in [2.75, 3.05) is 13.2 Å². The zero-order valence-corrected chi connectivity index (χ0v) is 17.2. The largest absolute Gasteiger partial charge is 0.494 e. The summed E-state index contributed by atoms with van der Waals surface area (Å²) in [6.07, 6.45) is 2.87. The second-order valence-corrected chi connectivity index (χ2v) is 7.16. The second kappa shape index (κ2) is 10.8. The monoisotopic (exact) mass is 397 g/mol. The van der Waals surface area contributed by atoms with Gasteiger partial charge in [-0.15, -0.1) is 0 Å². The van der Waals surface area contributed by atoms with E-state index in [4.69, 9.17) is 9.47 Å². The summed E-state index contributed by atoms with van der Waals surface area (Å²) in [7, 11) is 0. The van der Waals surface area contributed by atoms with E-state index in [0.29, 0.717) is 19.6 Å². The first-order valence-corrected chi connectivity index (χ1v) is 10.4. The van der Waals surface area contributed by atoms with E-state index in [2.05, 4.69) is 35.2 Å². The molecule has 2 aromatic rings. The van der Waals surface area contributed by atoms with Gasteiger partial charge in [0.15, 0.2) is 0 Å². The Hall–Kier alpha value is -2.57. The Morgan fingerprint density at radius 3 is 2.62 bits per heavy atom. The molecule has 6 nitrogen and oxygen atoms in total. The molecule has 156 valence electrons. The number of hydrogen-bond acceptors (Lipinski definition) is 5. The van der Waals surface area contributed by atoms with E-state index < -0.39 is 0 Å². The molecular weight excluding hydrogens is 366 g/mol. The van der Waals surface area contributed by atoms with Crippen LogP contribution < -0.4 is 25.6 Å². The van der Waals surface area contributed by atoms with Gasteiger partial charge in [0.1, 0.15) is 17.5 Å². The van der Waals surface area contributed by atoms with Crippen LogP contribution in [0.3, 0.4) is 0 Å². The highest BCUT2D eigenvalue weighted by molar-refractivity contribution is 5.82. The average molecular weight is 398 g/mol. The lowest BCUT2D eigenvalue weighted by Gasteiger charge is -2.13. The van der Waals surface area contributed by atoms with Crippen molar-refractivity contribution in [3.8, 4) is 11.5 Å². The Balaban J connectivity index is 1.49. The molecule has 1 amide bonds. The number of unbranched alkanes of at least 4 members (excludes halogenated alkanes) is 1. The molecule has 6 heteroatoms. The van der Waals surface area contributed by atoms with Crippen LogP contribution in [-0.4, -0.2) is 25.2 Å². The molecule has 2 aromatic carbocycles. The lowest BCUT2D eigenvalue weighted by atomic mass is 10.0. The molecule has 1 heterocycles. The molecule has 1 saturated heterocycles. The predicted octanol–water partition coefficient (Wildman–Crippen LogP) is 3.49. The average Bonchev–Trinajstić information content (AvgIpc) is 3.24. The third-order valence-electron chi connectivity index (χ3n) is 4.99. The molecular formula is C23H31N3O3. The lowest BCUT2D eigenvalue weighted by Crippen LogP contribution is -2.42. The van der Waals surface area contributed by atoms with Crippen molar-refractivity contribution in [1.29, 1.82) is 0 Å². The number of amides is 1. The summed E-state index contributed by atoms with van der Waals surface area (Å²) in [5, 5.41) is 3.01. The molecule has 0 saturated carbocycles. The minimum Gasteiger partial charge on any atom is -0.494 e. The second-order valence-electron chi connectivity index (χ2n) is 7.16. The van der Waals surface area contributed by atoms with Gasteiger partial charge in [0.25, 0.3) is 0 Å². The molecule has 1 aliphatic rings. The maximum Gasteiger partial charge on any atom is 0.238 e. The molecule has 1 aliphatic heterocycles. The van der Waals surface area contributed by atoms with E-state index in [1.807, 2.05) is 43.3 Å². The Morgan fingerprint density at radius 1 is 1.07 bits per heavy atom. The number of rotatable bonds is 10. The molecule has 29 heavy (non-hydrogen) atoms. The summed E-state index contributed by atoms with van der Waals surface area (Å²) in [6, 6.07) is 15.7. The number of ether oxygens (including phenoxy) is 2. The molecule has 0 radical (unpaired) electrons. The van der Waals surface area contributed by atoms with Crippen LogP contribution in [0.2, 0.25) is 0 Å². The van der Waals surface area contributed by atoms with E-state index >= 15 is 0 Å². The van der Waals surface area contributed by atoms with E-state index in [-0.39, 0.29) is 18.0 Å². The molecule has 3 N–H and O–H groups in total. The first-order chi connectivity index (χ1) is 14.2. The van der Waals surface area contributed by atoms with Gasteiger partial charge in [0.2, 0.25) is 5.91 Å². The third kappa shape index (κ3) is 5.95. The fourth-order valence-corrected chi connectivity index (χ4v) is 3.33. The van der Waals surface area contributed by atoms with Crippen molar-refractivity contribution in [1.82, 2.24) is 16.2 Å². The molecule has 2 atom stereocenters. The van der Waals surface area contributed by atoms with E-state index in [1.54, 1.807) is 0 Å². The van der Waals surface area contributed by atoms with Crippen molar-refractivity contribution in [3.63, 3.8) is 0 Å².